The predicted molar refractivity (Wildman–Crippen MR) is 132 cm³/mol. The van der Waals surface area contributed by atoms with E-state index in [1.54, 1.807) is 18.2 Å². The third-order valence-electron chi connectivity index (χ3n) is 6.52. The second-order valence-corrected chi connectivity index (χ2v) is 9.26. The van der Waals surface area contributed by atoms with E-state index in [4.69, 9.17) is 26.8 Å². The fourth-order valence-corrected chi connectivity index (χ4v) is 4.75. The highest BCUT2D eigenvalue weighted by Crippen LogP contribution is 2.33. The number of esters is 1. The van der Waals surface area contributed by atoms with Crippen LogP contribution in [0.25, 0.3) is 0 Å². The number of amides is 2. The zero-order valence-corrected chi connectivity index (χ0v) is 21.0. The summed E-state index contributed by atoms with van der Waals surface area (Å²) in [6.45, 7) is 4.43. The zero-order valence-electron chi connectivity index (χ0n) is 20.2. The first-order valence-corrected chi connectivity index (χ1v) is 12.2. The summed E-state index contributed by atoms with van der Waals surface area (Å²) in [7, 11) is 1.27. The van der Waals surface area contributed by atoms with Gasteiger partial charge in [0.1, 0.15) is 18.4 Å². The van der Waals surface area contributed by atoms with Crippen molar-refractivity contribution in [1.82, 2.24) is 9.80 Å². The second-order valence-electron chi connectivity index (χ2n) is 8.85. The molecule has 1 atom stereocenters. The molecule has 0 spiro atoms. The van der Waals surface area contributed by atoms with Gasteiger partial charge in [0.25, 0.3) is 5.91 Å². The lowest BCUT2D eigenvalue weighted by Gasteiger charge is -2.27. The van der Waals surface area contributed by atoms with Crippen LogP contribution in [0.5, 0.6) is 5.75 Å². The highest BCUT2D eigenvalue weighted by atomic mass is 35.5. The van der Waals surface area contributed by atoms with Gasteiger partial charge in [-0.05, 0) is 35.7 Å². The maximum Gasteiger partial charge on any atom is 0.305 e. The van der Waals surface area contributed by atoms with Gasteiger partial charge in [0, 0.05) is 42.2 Å². The normalized spacial score (nSPS) is 16.5. The molecule has 0 bridgehead atoms. The number of fused-ring (bicyclic) bond motifs is 1. The lowest BCUT2D eigenvalue weighted by atomic mass is 10.1. The number of primary amides is 1. The van der Waals surface area contributed by atoms with E-state index in [1.807, 2.05) is 18.2 Å². The van der Waals surface area contributed by atoms with Crippen molar-refractivity contribution in [3.8, 4) is 5.75 Å². The van der Waals surface area contributed by atoms with E-state index >= 15 is 0 Å². The summed E-state index contributed by atoms with van der Waals surface area (Å²) >= 11 is 6.55. The first kappa shape index (κ1) is 25.9. The van der Waals surface area contributed by atoms with E-state index in [2.05, 4.69) is 9.64 Å². The molecule has 1 fully saturated rings. The van der Waals surface area contributed by atoms with Gasteiger partial charge in [-0.25, -0.2) is 0 Å². The number of morpholine rings is 1. The number of nitrogens with two attached hydrogens (primary N) is 1. The lowest BCUT2D eigenvalue weighted by Crippen LogP contribution is -2.45. The van der Waals surface area contributed by atoms with Crippen LogP contribution in [0.3, 0.4) is 0 Å². The summed E-state index contributed by atoms with van der Waals surface area (Å²) in [4.78, 5) is 40.4. The quantitative estimate of drug-likeness (QED) is 0.484. The molecule has 2 aromatic carbocycles. The Bertz CT molecular complexity index is 1130. The highest BCUT2D eigenvalue weighted by molar-refractivity contribution is 6.31. The smallest absolute Gasteiger partial charge is 0.305 e. The number of hydrogen-bond donors (Lipinski definition) is 1. The van der Waals surface area contributed by atoms with Crippen LogP contribution in [0.2, 0.25) is 5.02 Å². The second kappa shape index (κ2) is 11.7. The van der Waals surface area contributed by atoms with Gasteiger partial charge >= 0.3 is 5.97 Å². The molecule has 1 saturated heterocycles. The number of hydrogen-bond acceptors (Lipinski definition) is 7. The Morgan fingerprint density at radius 1 is 1.19 bits per heavy atom. The van der Waals surface area contributed by atoms with E-state index in [1.165, 1.54) is 12.0 Å². The van der Waals surface area contributed by atoms with E-state index < -0.39 is 17.9 Å². The minimum Gasteiger partial charge on any atom is -0.489 e. The van der Waals surface area contributed by atoms with Gasteiger partial charge in [-0.15, -0.1) is 0 Å². The molecule has 1 unspecified atom stereocenters. The Morgan fingerprint density at radius 2 is 1.97 bits per heavy atom. The highest BCUT2D eigenvalue weighted by Gasteiger charge is 2.37. The summed E-state index contributed by atoms with van der Waals surface area (Å²) in [5, 5.41) is 0.678. The van der Waals surface area contributed by atoms with Crippen molar-refractivity contribution in [3.05, 3.63) is 63.7 Å². The molecule has 9 nitrogen and oxygen atoms in total. The number of carbonyl (C=O) groups is 3. The summed E-state index contributed by atoms with van der Waals surface area (Å²) in [5.74, 6) is -0.911. The molecule has 0 radical (unpaired) electrons. The standard InChI is InChI=1S/C26H30ClN3O6/c1-34-24(31)8-7-22(25(28)32)30-15-20-19(26(30)33)3-2-4-23(20)36-16-17-5-6-18(21(27)13-17)14-29-9-11-35-12-10-29/h2-6,13,22H,7-12,14-16H2,1H3,(H2,28,32). The molecule has 2 aliphatic heterocycles. The molecule has 0 aromatic heterocycles. The van der Waals surface area contributed by atoms with Gasteiger partial charge in [-0.1, -0.05) is 29.8 Å². The molecule has 0 aliphatic carbocycles. The molecule has 2 amide bonds. The van der Waals surface area contributed by atoms with Crippen LogP contribution in [0, 0.1) is 0 Å². The molecule has 2 N–H and O–H groups in total. The third-order valence-corrected chi connectivity index (χ3v) is 6.87. The predicted octanol–water partition coefficient (Wildman–Crippen LogP) is 2.51. The summed E-state index contributed by atoms with van der Waals surface area (Å²) in [5.41, 5.74) is 8.65. The van der Waals surface area contributed by atoms with Gasteiger partial charge in [-0.3, -0.25) is 19.3 Å². The molecule has 36 heavy (non-hydrogen) atoms. The Balaban J connectivity index is 1.43. The fourth-order valence-electron chi connectivity index (χ4n) is 4.49. The van der Waals surface area contributed by atoms with Crippen molar-refractivity contribution in [2.45, 2.75) is 38.6 Å². The van der Waals surface area contributed by atoms with Crippen LogP contribution in [0.1, 0.15) is 39.9 Å². The largest absolute Gasteiger partial charge is 0.489 e. The lowest BCUT2D eigenvalue weighted by molar-refractivity contribution is -0.141. The minimum absolute atomic E-state index is 0.0180. The van der Waals surface area contributed by atoms with Gasteiger partial charge in [-0.2, -0.15) is 0 Å². The van der Waals surface area contributed by atoms with Crippen LogP contribution in [0.15, 0.2) is 36.4 Å². The number of carbonyl (C=O) groups excluding carboxylic acids is 3. The van der Waals surface area contributed by atoms with E-state index in [-0.39, 0.29) is 31.9 Å². The number of ether oxygens (including phenoxy) is 3. The van der Waals surface area contributed by atoms with Crippen LogP contribution in [-0.4, -0.2) is 67.0 Å². The molecule has 0 saturated carbocycles. The Labute approximate surface area is 215 Å². The molecule has 2 heterocycles. The Kier molecular flexibility index (Phi) is 8.45. The van der Waals surface area contributed by atoms with E-state index in [0.717, 1.165) is 44.0 Å². The zero-order chi connectivity index (χ0) is 25.7. The maximum atomic E-state index is 13.0. The SMILES string of the molecule is COC(=O)CCC(C(N)=O)N1Cc2c(OCc3ccc(CN4CCOCC4)c(Cl)c3)cccc2C1=O. The number of nitrogens with zero attached hydrogens (tertiary/aromatic N) is 2. The molecule has 10 heteroatoms. The van der Waals surface area contributed by atoms with Crippen molar-refractivity contribution in [3.63, 3.8) is 0 Å². The van der Waals surface area contributed by atoms with Gasteiger partial charge in [0.2, 0.25) is 5.91 Å². The average Bonchev–Trinajstić information content (AvgIpc) is 3.21. The van der Waals surface area contributed by atoms with Crippen LogP contribution in [0.4, 0.5) is 0 Å². The van der Waals surface area contributed by atoms with E-state index in [0.29, 0.717) is 21.9 Å². The first-order chi connectivity index (χ1) is 17.4. The van der Waals surface area contributed by atoms with Crippen LogP contribution < -0.4 is 10.5 Å². The monoisotopic (exact) mass is 515 g/mol. The van der Waals surface area contributed by atoms with Crippen molar-refractivity contribution in [2.75, 3.05) is 33.4 Å². The minimum atomic E-state index is -0.922. The molecule has 192 valence electrons. The van der Waals surface area contributed by atoms with Crippen molar-refractivity contribution >= 4 is 29.4 Å². The van der Waals surface area contributed by atoms with Crippen molar-refractivity contribution < 1.29 is 28.6 Å². The number of methoxy groups -OCH3 is 1. The molecule has 2 aromatic rings. The number of rotatable bonds is 10. The third kappa shape index (κ3) is 5.98. The van der Waals surface area contributed by atoms with Crippen LogP contribution >= 0.6 is 11.6 Å². The molecule has 2 aliphatic rings. The molecular weight excluding hydrogens is 486 g/mol. The summed E-state index contributed by atoms with van der Waals surface area (Å²) in [6.07, 6.45) is 0.0725. The van der Waals surface area contributed by atoms with E-state index in [9.17, 15) is 14.4 Å². The van der Waals surface area contributed by atoms with Crippen molar-refractivity contribution in [1.29, 1.82) is 0 Å². The van der Waals surface area contributed by atoms with Gasteiger partial charge in [0.05, 0.1) is 26.9 Å². The molecular formula is C26H30ClN3O6. The summed E-state index contributed by atoms with van der Waals surface area (Å²) < 4.78 is 16.1. The van der Waals surface area contributed by atoms with Crippen molar-refractivity contribution in [2.24, 2.45) is 5.73 Å². The number of benzene rings is 2. The fraction of sp³-hybridized carbons (Fsp3) is 0.423. The molecule has 4 rings (SSSR count). The first-order valence-electron chi connectivity index (χ1n) is 11.9. The maximum absolute atomic E-state index is 13.0. The topological polar surface area (TPSA) is 111 Å². The Morgan fingerprint density at radius 3 is 2.67 bits per heavy atom. The summed E-state index contributed by atoms with van der Waals surface area (Å²) in [6, 6.07) is 10.2. The average molecular weight is 516 g/mol. The van der Waals surface area contributed by atoms with Gasteiger partial charge in [0.15, 0.2) is 0 Å². The van der Waals surface area contributed by atoms with Gasteiger partial charge < -0.3 is 24.8 Å². The number of halogens is 1. The Hall–Kier alpha value is -3.14. The van der Waals surface area contributed by atoms with Crippen LogP contribution in [-0.2, 0) is 38.8 Å².